The Kier molecular flexibility index (Phi) is 12.4. The number of hydrogen-bond acceptors (Lipinski definition) is 3. The number of likely N-dealkylation sites (N-methyl/N-ethyl adjacent to an activating group) is 1. The lowest BCUT2D eigenvalue weighted by molar-refractivity contribution is -0.0161. The van der Waals surface area contributed by atoms with Crippen LogP contribution in [-0.2, 0) is 4.74 Å². The summed E-state index contributed by atoms with van der Waals surface area (Å²) in [4.78, 5) is 6.99. The summed E-state index contributed by atoms with van der Waals surface area (Å²) in [5.74, 6) is 1.60. The predicted molar refractivity (Wildman–Crippen MR) is 101 cm³/mol. The summed E-state index contributed by atoms with van der Waals surface area (Å²) in [6.07, 6.45) is 2.64. The highest BCUT2D eigenvalue weighted by atomic mass is 127. The topological polar surface area (TPSA) is 48.9 Å². The van der Waals surface area contributed by atoms with Crippen molar-refractivity contribution in [2.45, 2.75) is 39.7 Å². The molecule has 0 radical (unpaired) electrons. The first kappa shape index (κ1) is 20.9. The van der Waals surface area contributed by atoms with E-state index < -0.39 is 0 Å². The minimum Gasteiger partial charge on any atom is -0.374 e. The molecule has 0 spiro atoms. The molecular weight excluding hydrogens is 379 g/mol. The van der Waals surface area contributed by atoms with Crippen molar-refractivity contribution in [1.82, 2.24) is 15.5 Å². The molecule has 0 aromatic rings. The highest BCUT2D eigenvalue weighted by Gasteiger charge is 2.17. The minimum atomic E-state index is 0. The van der Waals surface area contributed by atoms with E-state index in [9.17, 15) is 0 Å². The van der Waals surface area contributed by atoms with Crippen LogP contribution in [0.2, 0.25) is 0 Å². The molecule has 1 atom stereocenters. The minimum absolute atomic E-state index is 0. The lowest BCUT2D eigenvalue weighted by Gasteiger charge is -2.30. The number of rotatable bonds is 7. The van der Waals surface area contributed by atoms with Crippen molar-refractivity contribution >= 4 is 29.9 Å². The van der Waals surface area contributed by atoms with Gasteiger partial charge in [-0.1, -0.05) is 26.7 Å². The van der Waals surface area contributed by atoms with Crippen molar-refractivity contribution in [3.05, 3.63) is 0 Å². The van der Waals surface area contributed by atoms with Gasteiger partial charge in [-0.15, -0.1) is 24.0 Å². The molecule has 0 amide bonds. The Morgan fingerprint density at radius 1 is 1.29 bits per heavy atom. The van der Waals surface area contributed by atoms with Gasteiger partial charge in [0.05, 0.1) is 12.7 Å². The first-order valence-corrected chi connectivity index (χ1v) is 8.01. The predicted octanol–water partition coefficient (Wildman–Crippen LogP) is 1.93. The molecule has 0 saturated carbocycles. The third-order valence-electron chi connectivity index (χ3n) is 3.85. The van der Waals surface area contributed by atoms with Crippen LogP contribution in [0.4, 0.5) is 0 Å². The molecule has 0 bridgehead atoms. The lowest BCUT2D eigenvalue weighted by Crippen LogP contribution is -2.48. The summed E-state index contributed by atoms with van der Waals surface area (Å²) in [5, 5.41) is 6.71. The van der Waals surface area contributed by atoms with E-state index >= 15 is 0 Å². The third-order valence-corrected chi connectivity index (χ3v) is 3.85. The second-order valence-electron chi connectivity index (χ2n) is 5.54. The molecule has 0 aromatic heterocycles. The van der Waals surface area contributed by atoms with Crippen molar-refractivity contribution in [3.63, 3.8) is 0 Å². The molecule has 1 saturated heterocycles. The van der Waals surface area contributed by atoms with Crippen LogP contribution in [0.5, 0.6) is 0 Å². The summed E-state index contributed by atoms with van der Waals surface area (Å²) in [5.41, 5.74) is 0. The van der Waals surface area contributed by atoms with Gasteiger partial charge in [-0.3, -0.25) is 4.99 Å². The maximum absolute atomic E-state index is 5.76. The average molecular weight is 412 g/mol. The normalized spacial score (nSPS) is 20.2. The van der Waals surface area contributed by atoms with Crippen LogP contribution in [0.15, 0.2) is 4.99 Å². The van der Waals surface area contributed by atoms with E-state index in [2.05, 4.69) is 48.3 Å². The average Bonchev–Trinajstić information content (AvgIpc) is 2.45. The van der Waals surface area contributed by atoms with Crippen LogP contribution in [-0.4, -0.2) is 63.3 Å². The smallest absolute Gasteiger partial charge is 0.191 e. The molecule has 2 N–H and O–H groups in total. The Morgan fingerprint density at radius 3 is 2.57 bits per heavy atom. The number of aliphatic imine (C=N–C) groups is 1. The summed E-state index contributed by atoms with van der Waals surface area (Å²) in [7, 11) is 2.14. The van der Waals surface area contributed by atoms with Gasteiger partial charge in [-0.2, -0.15) is 0 Å². The van der Waals surface area contributed by atoms with Gasteiger partial charge in [0.15, 0.2) is 5.96 Å². The lowest BCUT2D eigenvalue weighted by atomic mass is 10.0. The quantitative estimate of drug-likeness (QED) is 0.381. The Balaban J connectivity index is 0.00000400. The molecule has 1 heterocycles. The second-order valence-corrected chi connectivity index (χ2v) is 5.54. The summed E-state index contributed by atoms with van der Waals surface area (Å²) >= 11 is 0. The zero-order valence-corrected chi connectivity index (χ0v) is 16.4. The molecule has 1 aliphatic rings. The Bertz CT molecular complexity index is 285. The van der Waals surface area contributed by atoms with Crippen LogP contribution < -0.4 is 10.6 Å². The van der Waals surface area contributed by atoms with Gasteiger partial charge < -0.3 is 20.3 Å². The van der Waals surface area contributed by atoms with Gasteiger partial charge in [-0.25, -0.2) is 0 Å². The van der Waals surface area contributed by atoms with Crippen LogP contribution in [0.25, 0.3) is 0 Å². The van der Waals surface area contributed by atoms with E-state index in [0.29, 0.717) is 5.92 Å². The van der Waals surface area contributed by atoms with Crippen molar-refractivity contribution in [2.75, 3.05) is 46.4 Å². The van der Waals surface area contributed by atoms with Gasteiger partial charge >= 0.3 is 0 Å². The summed E-state index contributed by atoms with van der Waals surface area (Å²) in [6, 6.07) is 0. The first-order chi connectivity index (χ1) is 9.69. The summed E-state index contributed by atoms with van der Waals surface area (Å²) < 4.78 is 5.76. The number of nitrogens with one attached hydrogen (secondary N) is 2. The van der Waals surface area contributed by atoms with E-state index in [1.165, 1.54) is 12.8 Å². The number of guanidine groups is 1. The Labute approximate surface area is 147 Å². The number of halogens is 1. The number of hydrogen-bond donors (Lipinski definition) is 2. The van der Waals surface area contributed by atoms with Crippen LogP contribution in [0, 0.1) is 5.92 Å². The number of morpholine rings is 1. The van der Waals surface area contributed by atoms with E-state index in [1.54, 1.807) is 0 Å². The Morgan fingerprint density at radius 2 is 2.00 bits per heavy atom. The highest BCUT2D eigenvalue weighted by molar-refractivity contribution is 14.0. The molecule has 1 fully saturated rings. The second kappa shape index (κ2) is 12.5. The SMILES string of the molecule is CCNC(=NCC(CC)CC)NCC1CN(C)CCO1.I. The van der Waals surface area contributed by atoms with Crippen molar-refractivity contribution in [1.29, 1.82) is 0 Å². The van der Waals surface area contributed by atoms with Crippen molar-refractivity contribution in [2.24, 2.45) is 10.9 Å². The molecule has 0 aromatic carbocycles. The molecule has 1 aliphatic heterocycles. The van der Waals surface area contributed by atoms with Crippen LogP contribution in [0.1, 0.15) is 33.6 Å². The zero-order valence-electron chi connectivity index (χ0n) is 14.0. The fraction of sp³-hybridized carbons (Fsp3) is 0.933. The molecule has 1 unspecified atom stereocenters. The zero-order chi connectivity index (χ0) is 14.8. The van der Waals surface area contributed by atoms with Crippen molar-refractivity contribution in [3.8, 4) is 0 Å². The molecule has 1 rings (SSSR count). The molecule has 0 aliphatic carbocycles. The molecule has 21 heavy (non-hydrogen) atoms. The molecule has 6 heteroatoms. The van der Waals surface area contributed by atoms with Gasteiger partial charge in [-0.05, 0) is 19.9 Å². The van der Waals surface area contributed by atoms with Crippen LogP contribution >= 0.6 is 24.0 Å². The van der Waals surface area contributed by atoms with Gasteiger partial charge in [0.25, 0.3) is 0 Å². The standard InChI is InChI=1S/C15H32N4O.HI/c1-5-13(6-2)10-17-15(16-7-3)18-11-14-12-19(4)8-9-20-14;/h13-14H,5-12H2,1-4H3,(H2,16,17,18);1H. The molecule has 5 nitrogen and oxygen atoms in total. The van der Waals surface area contributed by atoms with E-state index in [1.807, 2.05) is 0 Å². The fourth-order valence-electron chi connectivity index (χ4n) is 2.31. The number of ether oxygens (including phenoxy) is 1. The third kappa shape index (κ3) is 8.83. The maximum atomic E-state index is 5.76. The number of nitrogens with zero attached hydrogens (tertiary/aromatic N) is 2. The largest absolute Gasteiger partial charge is 0.374 e. The summed E-state index contributed by atoms with van der Waals surface area (Å²) in [6.45, 7) is 12.0. The van der Waals surface area contributed by atoms with E-state index in [0.717, 1.165) is 45.3 Å². The first-order valence-electron chi connectivity index (χ1n) is 8.01. The van der Waals surface area contributed by atoms with E-state index in [4.69, 9.17) is 4.74 Å². The highest BCUT2D eigenvalue weighted by Crippen LogP contribution is 2.07. The van der Waals surface area contributed by atoms with Gasteiger partial charge in [0.1, 0.15) is 0 Å². The molecule has 126 valence electrons. The van der Waals surface area contributed by atoms with Crippen molar-refractivity contribution < 1.29 is 4.74 Å². The fourth-order valence-corrected chi connectivity index (χ4v) is 2.31. The van der Waals surface area contributed by atoms with Crippen LogP contribution in [0.3, 0.4) is 0 Å². The van der Waals surface area contributed by atoms with E-state index in [-0.39, 0.29) is 30.1 Å². The van der Waals surface area contributed by atoms with Gasteiger partial charge in [0, 0.05) is 32.7 Å². The van der Waals surface area contributed by atoms with Gasteiger partial charge in [0.2, 0.25) is 0 Å². The maximum Gasteiger partial charge on any atom is 0.191 e. The monoisotopic (exact) mass is 412 g/mol. The molecular formula is C15H33IN4O. The Hall–Kier alpha value is -0.0800.